The van der Waals surface area contributed by atoms with Gasteiger partial charge in [0, 0.05) is 45.5 Å². The van der Waals surface area contributed by atoms with E-state index >= 15 is 0 Å². The molecule has 0 bridgehead atoms. The number of aryl methyl sites for hydroxylation is 1. The van der Waals surface area contributed by atoms with E-state index in [0.717, 1.165) is 44.3 Å². The molecule has 1 N–H and O–H groups in total. The summed E-state index contributed by atoms with van der Waals surface area (Å²) in [5.74, 6) is 0.786. The number of hydrogen-bond acceptors (Lipinski definition) is 4. The molecule has 5 nitrogen and oxygen atoms in total. The van der Waals surface area contributed by atoms with Gasteiger partial charge in [-0.3, -0.25) is 9.58 Å². The molecule has 0 aromatic carbocycles. The molecule has 2 aliphatic heterocycles. The lowest BCUT2D eigenvalue weighted by atomic mass is 9.97. The summed E-state index contributed by atoms with van der Waals surface area (Å²) >= 11 is 0. The molecule has 0 spiro atoms. The predicted octanol–water partition coefficient (Wildman–Crippen LogP) is 1.26. The maximum atomic E-state index is 14.0. The molecular formula is C17H30FN5. The van der Waals surface area contributed by atoms with Crippen molar-refractivity contribution in [3.8, 4) is 0 Å². The van der Waals surface area contributed by atoms with Crippen LogP contribution in [0.5, 0.6) is 0 Å². The van der Waals surface area contributed by atoms with Crippen molar-refractivity contribution < 1.29 is 4.39 Å². The minimum Gasteiger partial charge on any atom is -0.317 e. The summed E-state index contributed by atoms with van der Waals surface area (Å²) in [7, 11) is 4.15. The molecule has 2 saturated heterocycles. The molecule has 0 unspecified atom stereocenters. The minimum absolute atomic E-state index is 0.312. The van der Waals surface area contributed by atoms with Gasteiger partial charge in [-0.1, -0.05) is 0 Å². The summed E-state index contributed by atoms with van der Waals surface area (Å²) in [5, 5.41) is 7.64. The SMILES string of the molecule is CN(CC1CCNCC1)C[C@@H]1C[C@H](F)CN1Cc1ccnn1C. The third-order valence-electron chi connectivity index (χ3n) is 5.32. The largest absolute Gasteiger partial charge is 0.317 e. The van der Waals surface area contributed by atoms with Crippen LogP contribution in [0.4, 0.5) is 4.39 Å². The smallest absolute Gasteiger partial charge is 0.114 e. The van der Waals surface area contributed by atoms with Crippen LogP contribution >= 0.6 is 0 Å². The van der Waals surface area contributed by atoms with Gasteiger partial charge in [-0.2, -0.15) is 5.10 Å². The van der Waals surface area contributed by atoms with Crippen LogP contribution in [-0.2, 0) is 13.6 Å². The van der Waals surface area contributed by atoms with E-state index in [-0.39, 0.29) is 0 Å². The highest BCUT2D eigenvalue weighted by Gasteiger charge is 2.33. The number of halogens is 1. The van der Waals surface area contributed by atoms with Gasteiger partial charge in [-0.15, -0.1) is 0 Å². The van der Waals surface area contributed by atoms with Gasteiger partial charge in [0.1, 0.15) is 6.17 Å². The maximum Gasteiger partial charge on any atom is 0.114 e. The van der Waals surface area contributed by atoms with Crippen LogP contribution in [0.2, 0.25) is 0 Å². The molecule has 130 valence electrons. The highest BCUT2D eigenvalue weighted by atomic mass is 19.1. The van der Waals surface area contributed by atoms with Crippen molar-refractivity contribution in [1.29, 1.82) is 0 Å². The number of nitrogens with one attached hydrogen (secondary N) is 1. The Morgan fingerprint density at radius 2 is 2.13 bits per heavy atom. The molecule has 0 aliphatic carbocycles. The Labute approximate surface area is 138 Å². The molecule has 2 aliphatic rings. The van der Waals surface area contributed by atoms with E-state index in [2.05, 4.69) is 27.3 Å². The van der Waals surface area contributed by atoms with Gasteiger partial charge in [-0.25, -0.2) is 4.39 Å². The van der Waals surface area contributed by atoms with Crippen molar-refractivity contribution in [3.05, 3.63) is 18.0 Å². The van der Waals surface area contributed by atoms with Crippen LogP contribution in [0.25, 0.3) is 0 Å². The van der Waals surface area contributed by atoms with Crippen LogP contribution in [0, 0.1) is 5.92 Å². The van der Waals surface area contributed by atoms with Crippen LogP contribution < -0.4 is 5.32 Å². The number of alkyl halides is 1. The standard InChI is InChI=1S/C17H30FN5/c1-21(10-14-3-6-19-7-4-14)12-17-9-15(18)11-23(17)13-16-5-8-20-22(16)2/h5,8,14-15,17,19H,3-4,6-7,9-13H2,1-2H3/t15-,17-/m0/s1. The van der Waals surface area contributed by atoms with E-state index in [4.69, 9.17) is 0 Å². The second-order valence-corrected chi connectivity index (χ2v) is 7.28. The van der Waals surface area contributed by atoms with E-state index in [1.165, 1.54) is 12.8 Å². The van der Waals surface area contributed by atoms with E-state index in [1.54, 1.807) is 0 Å². The second-order valence-electron chi connectivity index (χ2n) is 7.28. The summed E-state index contributed by atoms with van der Waals surface area (Å²) in [6, 6.07) is 2.34. The van der Waals surface area contributed by atoms with E-state index in [1.807, 2.05) is 24.0 Å². The molecule has 0 saturated carbocycles. The topological polar surface area (TPSA) is 36.3 Å². The van der Waals surface area contributed by atoms with Crippen molar-refractivity contribution in [2.45, 2.75) is 38.0 Å². The Morgan fingerprint density at radius 1 is 1.35 bits per heavy atom. The average molecular weight is 323 g/mol. The Kier molecular flexibility index (Phi) is 5.67. The number of likely N-dealkylation sites (N-methyl/N-ethyl adjacent to an activating group) is 1. The molecule has 2 atom stereocenters. The number of hydrogen-bond donors (Lipinski definition) is 1. The van der Waals surface area contributed by atoms with E-state index in [9.17, 15) is 4.39 Å². The molecule has 3 rings (SSSR count). The molecular weight excluding hydrogens is 293 g/mol. The van der Waals surface area contributed by atoms with Crippen molar-refractivity contribution in [2.24, 2.45) is 13.0 Å². The second kappa shape index (κ2) is 7.73. The molecule has 0 radical (unpaired) electrons. The highest BCUT2D eigenvalue weighted by Crippen LogP contribution is 2.24. The van der Waals surface area contributed by atoms with Crippen molar-refractivity contribution in [3.63, 3.8) is 0 Å². The number of rotatable bonds is 6. The fourth-order valence-electron chi connectivity index (χ4n) is 4.01. The lowest BCUT2D eigenvalue weighted by Gasteiger charge is -2.31. The van der Waals surface area contributed by atoms with Crippen molar-refractivity contribution in [1.82, 2.24) is 24.9 Å². The van der Waals surface area contributed by atoms with Gasteiger partial charge in [0.15, 0.2) is 0 Å². The van der Waals surface area contributed by atoms with Gasteiger partial charge in [0.25, 0.3) is 0 Å². The first kappa shape index (κ1) is 16.9. The molecule has 2 fully saturated rings. The maximum absolute atomic E-state index is 14.0. The van der Waals surface area contributed by atoms with E-state index < -0.39 is 6.17 Å². The molecule has 1 aromatic heterocycles. The van der Waals surface area contributed by atoms with Crippen molar-refractivity contribution in [2.75, 3.05) is 39.8 Å². The number of nitrogens with zero attached hydrogens (tertiary/aromatic N) is 4. The zero-order chi connectivity index (χ0) is 16.2. The number of likely N-dealkylation sites (tertiary alicyclic amines) is 1. The van der Waals surface area contributed by atoms with Gasteiger partial charge in [-0.05, 0) is 51.4 Å². The van der Waals surface area contributed by atoms with Gasteiger partial charge >= 0.3 is 0 Å². The quantitative estimate of drug-likeness (QED) is 0.855. The molecule has 1 aromatic rings. The Morgan fingerprint density at radius 3 is 2.83 bits per heavy atom. The van der Waals surface area contributed by atoms with Crippen LogP contribution in [0.3, 0.4) is 0 Å². The minimum atomic E-state index is -0.694. The molecule has 6 heteroatoms. The summed E-state index contributed by atoms with van der Waals surface area (Å²) < 4.78 is 15.9. The third kappa shape index (κ3) is 4.52. The normalized spacial score (nSPS) is 27.1. The molecule has 3 heterocycles. The van der Waals surface area contributed by atoms with Gasteiger partial charge < -0.3 is 10.2 Å². The number of aromatic nitrogens is 2. The summed E-state index contributed by atoms with van der Waals surface area (Å²) in [6.45, 7) is 5.72. The first-order chi connectivity index (χ1) is 11.1. The monoisotopic (exact) mass is 323 g/mol. The Hall–Kier alpha value is -0.980. The lowest BCUT2D eigenvalue weighted by molar-refractivity contribution is 0.161. The van der Waals surface area contributed by atoms with Gasteiger partial charge in [0.05, 0.1) is 5.69 Å². The van der Waals surface area contributed by atoms with Crippen LogP contribution in [-0.4, -0.2) is 71.6 Å². The Bertz CT molecular complexity index is 485. The zero-order valence-electron chi connectivity index (χ0n) is 14.4. The van der Waals surface area contributed by atoms with Crippen LogP contribution in [0.15, 0.2) is 12.3 Å². The fraction of sp³-hybridized carbons (Fsp3) is 0.824. The van der Waals surface area contributed by atoms with Gasteiger partial charge in [0.2, 0.25) is 0 Å². The molecule has 0 amide bonds. The van der Waals surface area contributed by atoms with E-state index in [0.29, 0.717) is 19.0 Å². The number of piperidine rings is 1. The highest BCUT2D eigenvalue weighted by molar-refractivity contribution is 5.02. The third-order valence-corrected chi connectivity index (χ3v) is 5.32. The zero-order valence-corrected chi connectivity index (χ0v) is 14.4. The van der Waals surface area contributed by atoms with Crippen LogP contribution in [0.1, 0.15) is 25.0 Å². The molecule has 23 heavy (non-hydrogen) atoms. The Balaban J connectivity index is 1.53. The predicted molar refractivity (Wildman–Crippen MR) is 90.0 cm³/mol. The summed E-state index contributed by atoms with van der Waals surface area (Å²) in [5.41, 5.74) is 1.16. The summed E-state index contributed by atoms with van der Waals surface area (Å²) in [4.78, 5) is 4.70. The average Bonchev–Trinajstić information content (AvgIpc) is 3.07. The fourth-order valence-corrected chi connectivity index (χ4v) is 4.01. The lowest BCUT2D eigenvalue weighted by Crippen LogP contribution is -2.41. The van der Waals surface area contributed by atoms with Crippen molar-refractivity contribution >= 4 is 0 Å². The summed E-state index contributed by atoms with van der Waals surface area (Å²) in [6.07, 6.45) is 4.31. The first-order valence-electron chi connectivity index (χ1n) is 8.86. The first-order valence-corrected chi connectivity index (χ1v) is 8.86.